The fraction of sp³-hybridized carbons (Fsp3) is 0.0741. The van der Waals surface area contributed by atoms with Gasteiger partial charge in [0.25, 0.3) is 0 Å². The van der Waals surface area contributed by atoms with Crippen molar-refractivity contribution < 1.29 is 0 Å². The van der Waals surface area contributed by atoms with Crippen LogP contribution in [0.15, 0.2) is 228 Å². The van der Waals surface area contributed by atoms with Crippen LogP contribution in [0, 0.1) is 0 Å². The number of hydrogen-bond donors (Lipinski definition) is 0. The summed E-state index contributed by atoms with van der Waals surface area (Å²) in [5.41, 5.74) is 7.83. The molecule has 0 radical (unpaired) electrons. The van der Waals surface area contributed by atoms with Gasteiger partial charge in [-0.3, -0.25) is 9.98 Å². The average Bonchev–Trinajstić information content (AvgIpc) is 3.30. The minimum absolute atomic E-state index is 0.0873. The molecule has 4 heteroatoms. The van der Waals surface area contributed by atoms with Crippen LogP contribution in [0.4, 0.5) is 0 Å². The predicted octanol–water partition coefficient (Wildman–Crippen LogP) is 9.77. The van der Waals surface area contributed by atoms with E-state index >= 15 is 0 Å². The van der Waals surface area contributed by atoms with E-state index < -0.39 is 15.8 Å². The number of aliphatic imine (C=N–C) groups is 2. The van der Waals surface area contributed by atoms with Gasteiger partial charge in [0.05, 0.1) is 12.1 Å². The van der Waals surface area contributed by atoms with Crippen molar-refractivity contribution in [2.45, 2.75) is 23.9 Å². The Morgan fingerprint density at radius 3 is 0.862 bits per heavy atom. The first-order valence-electron chi connectivity index (χ1n) is 20.1. The summed E-state index contributed by atoms with van der Waals surface area (Å²) < 4.78 is 0. The van der Waals surface area contributed by atoms with Crippen molar-refractivity contribution in [1.29, 1.82) is 0 Å². The smallest absolute Gasteiger partial charge is 0.0841 e. The van der Waals surface area contributed by atoms with Crippen molar-refractivity contribution in [3.63, 3.8) is 0 Å². The van der Waals surface area contributed by atoms with Crippen LogP contribution in [0.5, 0.6) is 0 Å². The van der Waals surface area contributed by atoms with Gasteiger partial charge in [-0.15, -0.1) is 0 Å². The van der Waals surface area contributed by atoms with Crippen LogP contribution in [0.25, 0.3) is 0 Å². The van der Waals surface area contributed by atoms with Crippen molar-refractivity contribution in [2.75, 3.05) is 0 Å². The Balaban J connectivity index is 1.10. The lowest BCUT2D eigenvalue weighted by Crippen LogP contribution is -2.45. The van der Waals surface area contributed by atoms with Gasteiger partial charge >= 0.3 is 0 Å². The molecule has 0 saturated carbocycles. The standard InChI is InChI=1S/C54H42N2P2/c1-5-23-41(24-6-1)57(42-25-7-2-8-26-42)49-35-19-13-21-39(49)37-55-53-51-45-31-15-17-33-47(45)52(48-34-18-16-32-46(48)51)54(53)56-38-40-22-14-20-36-50(40)58(43-27-9-3-10-28-43)44-29-11-4-12-30-44/h1-38,51-54H/t51?,52?,53-,54-/m1/s1. The molecule has 58 heavy (non-hydrogen) atoms. The summed E-state index contributed by atoms with van der Waals surface area (Å²) in [5.74, 6) is 0.183. The summed E-state index contributed by atoms with van der Waals surface area (Å²) >= 11 is 0. The van der Waals surface area contributed by atoms with Crippen LogP contribution in [0.2, 0.25) is 0 Å². The van der Waals surface area contributed by atoms with Crippen molar-refractivity contribution in [2.24, 2.45) is 9.98 Å². The summed E-state index contributed by atoms with van der Waals surface area (Å²) in [6.07, 6.45) is 4.35. The number of benzene rings is 8. The summed E-state index contributed by atoms with van der Waals surface area (Å²) in [6.45, 7) is 0. The Morgan fingerprint density at radius 1 is 0.293 bits per heavy atom. The zero-order chi connectivity index (χ0) is 38.7. The van der Waals surface area contributed by atoms with Crippen LogP contribution in [-0.2, 0) is 0 Å². The van der Waals surface area contributed by atoms with Gasteiger partial charge in [-0.25, -0.2) is 0 Å². The van der Waals surface area contributed by atoms with Gasteiger partial charge < -0.3 is 0 Å². The fourth-order valence-corrected chi connectivity index (χ4v) is 13.9. The van der Waals surface area contributed by atoms with Crippen LogP contribution in [0.3, 0.4) is 0 Å². The summed E-state index contributed by atoms with van der Waals surface area (Å²) in [6, 6.07) is 79.4. The van der Waals surface area contributed by atoms with Gasteiger partial charge in [0.2, 0.25) is 0 Å². The molecule has 0 N–H and O–H groups in total. The minimum Gasteiger partial charge on any atom is -0.286 e. The number of hydrogen-bond acceptors (Lipinski definition) is 2. The van der Waals surface area contributed by atoms with E-state index in [0.717, 1.165) is 11.1 Å². The third-order valence-corrected chi connectivity index (χ3v) is 16.6. The maximum atomic E-state index is 5.69. The van der Waals surface area contributed by atoms with Crippen LogP contribution >= 0.6 is 15.8 Å². The number of fused-ring (bicyclic) bond motifs is 1. The summed E-state index contributed by atoms with van der Waals surface area (Å²) in [7, 11) is -1.60. The highest BCUT2D eigenvalue weighted by atomic mass is 31.1. The summed E-state index contributed by atoms with van der Waals surface area (Å²) in [4.78, 5) is 11.4. The molecular formula is C54H42N2P2. The molecule has 0 unspecified atom stereocenters. The van der Waals surface area contributed by atoms with Gasteiger partial charge in [-0.1, -0.05) is 218 Å². The molecule has 11 rings (SSSR count). The Bertz CT molecular complexity index is 2400. The largest absolute Gasteiger partial charge is 0.286 e. The molecule has 0 heterocycles. The second-order valence-corrected chi connectivity index (χ2v) is 19.3. The zero-order valence-electron chi connectivity index (χ0n) is 32.0. The molecule has 0 amide bonds. The van der Waals surface area contributed by atoms with E-state index in [1.807, 2.05) is 0 Å². The highest BCUT2D eigenvalue weighted by Crippen LogP contribution is 2.55. The molecule has 0 spiro atoms. The third kappa shape index (κ3) is 6.88. The topological polar surface area (TPSA) is 24.7 Å². The summed E-state index contributed by atoms with van der Waals surface area (Å²) in [5, 5.41) is 7.94. The van der Waals surface area contributed by atoms with Gasteiger partial charge in [0, 0.05) is 35.4 Å². The lowest BCUT2D eigenvalue weighted by molar-refractivity contribution is 0.391. The second-order valence-electron chi connectivity index (χ2n) is 14.9. The molecule has 278 valence electrons. The first kappa shape index (κ1) is 36.3. The van der Waals surface area contributed by atoms with Crippen molar-refractivity contribution in [3.8, 4) is 0 Å². The molecule has 0 aliphatic heterocycles. The molecule has 8 aromatic rings. The highest BCUT2D eigenvalue weighted by molar-refractivity contribution is 7.80. The molecule has 3 aliphatic carbocycles. The molecule has 2 bridgehead atoms. The number of rotatable bonds is 10. The van der Waals surface area contributed by atoms with Crippen LogP contribution in [-0.4, -0.2) is 24.5 Å². The zero-order valence-corrected chi connectivity index (χ0v) is 33.8. The fourth-order valence-electron chi connectivity index (χ4n) is 9.06. The molecule has 2 atom stereocenters. The van der Waals surface area contributed by atoms with E-state index in [1.54, 1.807) is 0 Å². The average molecular weight is 781 g/mol. The van der Waals surface area contributed by atoms with E-state index in [0.29, 0.717) is 0 Å². The monoisotopic (exact) mass is 780 g/mol. The van der Waals surface area contributed by atoms with E-state index in [-0.39, 0.29) is 23.9 Å². The van der Waals surface area contributed by atoms with Gasteiger partial charge in [0.15, 0.2) is 0 Å². The van der Waals surface area contributed by atoms with Crippen LogP contribution < -0.4 is 31.8 Å². The Hall–Kier alpha value is -6.04. The molecule has 0 saturated heterocycles. The third-order valence-electron chi connectivity index (χ3n) is 11.5. The van der Waals surface area contributed by atoms with Gasteiger partial charge in [0.1, 0.15) is 0 Å². The lowest BCUT2D eigenvalue weighted by atomic mass is 9.59. The number of nitrogens with zero attached hydrogens (tertiary/aromatic N) is 2. The van der Waals surface area contributed by atoms with Gasteiger partial charge in [-0.2, -0.15) is 0 Å². The molecule has 2 nitrogen and oxygen atoms in total. The second kappa shape index (κ2) is 16.4. The highest BCUT2D eigenvalue weighted by Gasteiger charge is 2.49. The maximum Gasteiger partial charge on any atom is 0.0841 e. The first-order chi connectivity index (χ1) is 28.8. The molecular weight excluding hydrogens is 739 g/mol. The van der Waals surface area contributed by atoms with Gasteiger partial charge in [-0.05, 0) is 69.9 Å². The maximum absolute atomic E-state index is 5.69. The Labute approximate surface area is 344 Å². The van der Waals surface area contributed by atoms with E-state index in [1.165, 1.54) is 54.1 Å². The lowest BCUT2D eigenvalue weighted by Gasteiger charge is -2.47. The normalized spacial score (nSPS) is 18.2. The Kier molecular flexibility index (Phi) is 10.3. The quantitative estimate of drug-likeness (QED) is 0.0976. The van der Waals surface area contributed by atoms with Crippen LogP contribution in [0.1, 0.15) is 45.2 Å². The minimum atomic E-state index is -0.802. The Morgan fingerprint density at radius 2 is 0.552 bits per heavy atom. The molecule has 8 aromatic carbocycles. The molecule has 0 fully saturated rings. The van der Waals surface area contributed by atoms with Crippen molar-refractivity contribution >= 4 is 60.1 Å². The first-order valence-corrected chi connectivity index (χ1v) is 22.7. The van der Waals surface area contributed by atoms with E-state index in [2.05, 4.69) is 231 Å². The van der Waals surface area contributed by atoms with E-state index in [9.17, 15) is 0 Å². The van der Waals surface area contributed by atoms with Crippen molar-refractivity contribution in [1.82, 2.24) is 0 Å². The SMILES string of the molecule is C(=N[C@@H]1C2c3ccccc3C(c3ccccc32)[C@H]1N=Cc1ccccc1P(c1ccccc1)c1ccccc1)c1ccccc1P(c1ccccc1)c1ccccc1. The predicted molar refractivity (Wildman–Crippen MR) is 250 cm³/mol. The van der Waals surface area contributed by atoms with Crippen molar-refractivity contribution in [3.05, 3.63) is 252 Å². The van der Waals surface area contributed by atoms with E-state index in [4.69, 9.17) is 9.98 Å². The molecule has 3 aliphatic rings. The molecule has 0 aromatic heterocycles.